The summed E-state index contributed by atoms with van der Waals surface area (Å²) < 4.78 is 11.8. The Morgan fingerprint density at radius 2 is 1.62 bits per heavy atom. The molecule has 1 heterocycles. The molecule has 0 fully saturated rings. The highest BCUT2D eigenvalue weighted by Gasteiger charge is 2.15. The summed E-state index contributed by atoms with van der Waals surface area (Å²) in [5.41, 5.74) is 5.83. The second-order valence-electron chi connectivity index (χ2n) is 9.23. The second-order valence-corrected chi connectivity index (χ2v) is 10.3. The van der Waals surface area contributed by atoms with Gasteiger partial charge in [0.15, 0.2) is 11.0 Å². The summed E-state index contributed by atoms with van der Waals surface area (Å²) in [4.78, 5) is 8.48. The van der Waals surface area contributed by atoms with Crippen molar-refractivity contribution in [3.63, 3.8) is 0 Å². The maximum atomic E-state index is 8.99. The second kappa shape index (κ2) is 14.3. The number of para-hydroxylation sites is 1. The van der Waals surface area contributed by atoms with Gasteiger partial charge in [-0.25, -0.2) is 4.98 Å². The highest BCUT2D eigenvalue weighted by atomic mass is 32.1. The Morgan fingerprint density at radius 3 is 2.33 bits per heavy atom. The van der Waals surface area contributed by atoms with E-state index in [0.29, 0.717) is 24.5 Å². The molecule has 0 aliphatic carbocycles. The van der Waals surface area contributed by atoms with Crippen LogP contribution in [0.3, 0.4) is 0 Å². The van der Waals surface area contributed by atoms with Gasteiger partial charge in [0.2, 0.25) is 0 Å². The number of amidine groups is 1. The number of aryl methyl sites for hydroxylation is 1. The lowest BCUT2D eigenvalue weighted by molar-refractivity contribution is 0.233. The SMILES string of the molecule is CCc1sc(N(C)Cc2ccccc2)nc1-c1ccc(OCCCCCOc2ccccc2C(=N)NO)cc1. The number of hydrogen-bond acceptors (Lipinski definition) is 7. The Bertz CT molecular complexity index is 1330. The van der Waals surface area contributed by atoms with E-state index in [1.807, 2.05) is 29.7 Å². The van der Waals surface area contributed by atoms with Crippen molar-refractivity contribution in [2.24, 2.45) is 0 Å². The van der Waals surface area contributed by atoms with E-state index in [1.165, 1.54) is 10.4 Å². The number of aromatic nitrogens is 1. The Hall–Kier alpha value is -3.88. The predicted octanol–water partition coefficient (Wildman–Crippen LogP) is 6.94. The molecule has 0 amide bonds. The third-order valence-electron chi connectivity index (χ3n) is 6.31. The van der Waals surface area contributed by atoms with Crippen LogP contribution in [0.1, 0.15) is 42.2 Å². The average molecular weight is 545 g/mol. The summed E-state index contributed by atoms with van der Waals surface area (Å²) in [5.74, 6) is 1.36. The summed E-state index contributed by atoms with van der Waals surface area (Å²) in [6.45, 7) is 4.19. The molecular weight excluding hydrogens is 508 g/mol. The molecule has 3 N–H and O–H groups in total. The quantitative estimate of drug-likeness (QED) is 0.0689. The minimum atomic E-state index is -0.0819. The van der Waals surface area contributed by atoms with E-state index in [4.69, 9.17) is 25.1 Å². The summed E-state index contributed by atoms with van der Waals surface area (Å²) in [7, 11) is 2.10. The standard InChI is InChI=1S/C31H36N4O3S/c1-3-28-29(33-31(39-28)35(2)22-23-12-6-4-7-13-23)24-16-18-25(19-17-24)37-20-10-5-11-21-38-27-15-9-8-14-26(27)30(32)34-36/h4,6-9,12-19,36H,3,5,10-11,20-22H2,1-2H3,(H2,32,34). The third kappa shape index (κ3) is 7.81. The molecule has 1 aromatic heterocycles. The van der Waals surface area contributed by atoms with Gasteiger partial charge in [-0.1, -0.05) is 49.4 Å². The molecule has 0 saturated heterocycles. The summed E-state index contributed by atoms with van der Waals surface area (Å²) >= 11 is 1.76. The van der Waals surface area contributed by atoms with Crippen molar-refractivity contribution in [2.45, 2.75) is 39.2 Å². The van der Waals surface area contributed by atoms with Crippen molar-refractivity contribution in [1.82, 2.24) is 10.5 Å². The number of anilines is 1. The van der Waals surface area contributed by atoms with Gasteiger partial charge in [0, 0.05) is 24.0 Å². The number of ether oxygens (including phenoxy) is 2. The molecule has 0 saturated carbocycles. The number of benzene rings is 3. The molecule has 0 bridgehead atoms. The van der Waals surface area contributed by atoms with E-state index in [2.05, 4.69) is 55.3 Å². The van der Waals surface area contributed by atoms with Crippen LogP contribution in [0, 0.1) is 5.41 Å². The Morgan fingerprint density at radius 1 is 0.923 bits per heavy atom. The molecule has 0 radical (unpaired) electrons. The van der Waals surface area contributed by atoms with Gasteiger partial charge in [-0.2, -0.15) is 0 Å². The first-order chi connectivity index (χ1) is 19.1. The van der Waals surface area contributed by atoms with E-state index in [0.717, 1.165) is 54.4 Å². The Balaban J connectivity index is 1.22. The third-order valence-corrected chi connectivity index (χ3v) is 7.62. The molecule has 0 atom stereocenters. The van der Waals surface area contributed by atoms with Crippen molar-refractivity contribution in [2.75, 3.05) is 25.2 Å². The van der Waals surface area contributed by atoms with Crippen LogP contribution in [0.4, 0.5) is 5.13 Å². The Kier molecular flexibility index (Phi) is 10.3. The van der Waals surface area contributed by atoms with Gasteiger partial charge in [-0.15, -0.1) is 11.3 Å². The normalized spacial score (nSPS) is 10.7. The van der Waals surface area contributed by atoms with Crippen LogP contribution >= 0.6 is 11.3 Å². The van der Waals surface area contributed by atoms with Crippen molar-refractivity contribution in [3.8, 4) is 22.8 Å². The van der Waals surface area contributed by atoms with Crippen molar-refractivity contribution < 1.29 is 14.7 Å². The average Bonchev–Trinajstić information content (AvgIpc) is 3.42. The first-order valence-corrected chi connectivity index (χ1v) is 14.1. The van der Waals surface area contributed by atoms with Crippen LogP contribution in [0.5, 0.6) is 11.5 Å². The van der Waals surface area contributed by atoms with Crippen LogP contribution in [-0.2, 0) is 13.0 Å². The van der Waals surface area contributed by atoms with Crippen LogP contribution < -0.4 is 19.9 Å². The van der Waals surface area contributed by atoms with Gasteiger partial charge in [0.25, 0.3) is 0 Å². The van der Waals surface area contributed by atoms with Crippen LogP contribution in [0.15, 0.2) is 78.9 Å². The molecule has 0 aliphatic heterocycles. The maximum absolute atomic E-state index is 8.99. The van der Waals surface area contributed by atoms with Crippen molar-refractivity contribution >= 4 is 22.3 Å². The molecule has 204 valence electrons. The number of hydrogen-bond donors (Lipinski definition) is 3. The molecule has 39 heavy (non-hydrogen) atoms. The minimum absolute atomic E-state index is 0.0819. The number of nitrogens with one attached hydrogen (secondary N) is 2. The molecule has 0 spiro atoms. The zero-order valence-corrected chi connectivity index (χ0v) is 23.3. The number of rotatable bonds is 14. The highest BCUT2D eigenvalue weighted by Crippen LogP contribution is 2.34. The van der Waals surface area contributed by atoms with Gasteiger partial charge >= 0.3 is 0 Å². The summed E-state index contributed by atoms with van der Waals surface area (Å²) in [5, 5.41) is 17.8. The topological polar surface area (TPSA) is 90.7 Å². The fraction of sp³-hybridized carbons (Fsp3) is 0.290. The first kappa shape index (κ1) is 28.1. The highest BCUT2D eigenvalue weighted by molar-refractivity contribution is 7.16. The molecule has 4 aromatic rings. The van der Waals surface area contributed by atoms with Crippen molar-refractivity contribution in [1.29, 1.82) is 5.41 Å². The number of hydroxylamine groups is 1. The van der Waals surface area contributed by atoms with Gasteiger partial charge in [0.05, 0.1) is 24.5 Å². The van der Waals surface area contributed by atoms with Crippen LogP contribution in [-0.4, -0.2) is 36.3 Å². The monoisotopic (exact) mass is 544 g/mol. The molecule has 8 heteroatoms. The van der Waals surface area contributed by atoms with Gasteiger partial charge in [-0.05, 0) is 67.6 Å². The minimum Gasteiger partial charge on any atom is -0.494 e. The summed E-state index contributed by atoms with van der Waals surface area (Å²) in [6.07, 6.45) is 3.71. The smallest absolute Gasteiger partial charge is 0.186 e. The zero-order chi connectivity index (χ0) is 27.5. The van der Waals surface area contributed by atoms with Crippen molar-refractivity contribution in [3.05, 3.63) is 94.9 Å². The number of unbranched alkanes of at least 4 members (excludes halogenated alkanes) is 2. The maximum Gasteiger partial charge on any atom is 0.186 e. The lowest BCUT2D eigenvalue weighted by Crippen LogP contribution is -2.19. The Labute approximate surface area is 234 Å². The van der Waals surface area contributed by atoms with Gasteiger partial charge < -0.3 is 14.4 Å². The van der Waals surface area contributed by atoms with E-state index < -0.39 is 0 Å². The lowest BCUT2D eigenvalue weighted by Gasteiger charge is -2.15. The molecular formula is C31H36N4O3S. The lowest BCUT2D eigenvalue weighted by atomic mass is 10.1. The fourth-order valence-electron chi connectivity index (χ4n) is 4.21. The molecule has 3 aromatic carbocycles. The fourth-order valence-corrected chi connectivity index (χ4v) is 5.20. The van der Waals surface area contributed by atoms with Gasteiger partial charge in [-0.3, -0.25) is 16.1 Å². The van der Waals surface area contributed by atoms with Crippen LogP contribution in [0.2, 0.25) is 0 Å². The zero-order valence-electron chi connectivity index (χ0n) is 22.5. The van der Waals surface area contributed by atoms with E-state index in [9.17, 15) is 0 Å². The summed E-state index contributed by atoms with van der Waals surface area (Å²) in [6, 6.07) is 25.9. The molecule has 0 unspecified atom stereocenters. The molecule has 0 aliphatic rings. The number of nitrogens with zero attached hydrogens (tertiary/aromatic N) is 2. The predicted molar refractivity (Wildman–Crippen MR) is 159 cm³/mol. The van der Waals surface area contributed by atoms with E-state index in [1.54, 1.807) is 29.5 Å². The first-order valence-electron chi connectivity index (χ1n) is 13.3. The molecule has 7 nitrogen and oxygen atoms in total. The van der Waals surface area contributed by atoms with Gasteiger partial charge in [0.1, 0.15) is 11.5 Å². The van der Waals surface area contributed by atoms with Crippen LogP contribution in [0.25, 0.3) is 11.3 Å². The van der Waals surface area contributed by atoms with E-state index in [-0.39, 0.29) is 5.84 Å². The van der Waals surface area contributed by atoms with E-state index >= 15 is 0 Å². The number of thiazole rings is 1. The largest absolute Gasteiger partial charge is 0.494 e. The molecule has 4 rings (SSSR count).